The van der Waals surface area contributed by atoms with Gasteiger partial charge in [0.05, 0.1) is 18.0 Å². The van der Waals surface area contributed by atoms with Gasteiger partial charge in [0.2, 0.25) is 5.95 Å². The number of nitrogen functional groups attached to an aromatic ring is 1. The van der Waals surface area contributed by atoms with Crippen LogP contribution in [0.25, 0.3) is 10.9 Å². The number of aromatic nitrogens is 2. The number of H-pyrrole nitrogens is 1. The molecule has 0 spiro atoms. The molecule has 0 fully saturated rings. The Labute approximate surface area is 191 Å². The largest absolute Gasteiger partial charge is 0.467 e. The number of terminal acetylenes is 1. The molecule has 33 heavy (non-hydrogen) atoms. The van der Waals surface area contributed by atoms with Crippen LogP contribution in [0.4, 0.5) is 11.6 Å². The number of nitrogens with zero attached hydrogens (tertiary/aromatic N) is 2. The van der Waals surface area contributed by atoms with Crippen molar-refractivity contribution in [2.45, 2.75) is 25.4 Å². The van der Waals surface area contributed by atoms with E-state index < -0.39 is 17.9 Å². The third kappa shape index (κ3) is 5.68. The number of aromatic amines is 1. The molecule has 1 aromatic heterocycles. The molecule has 0 aliphatic carbocycles. The van der Waals surface area contributed by atoms with Crippen LogP contribution >= 0.6 is 0 Å². The monoisotopic (exact) mass is 447 g/mol. The highest BCUT2D eigenvalue weighted by molar-refractivity contribution is 5.97. The van der Waals surface area contributed by atoms with Crippen molar-refractivity contribution in [2.75, 3.05) is 24.8 Å². The maximum Gasteiger partial charge on any atom is 0.328 e. The molecule has 9 nitrogen and oxygen atoms in total. The van der Waals surface area contributed by atoms with Crippen molar-refractivity contribution in [3.05, 3.63) is 63.9 Å². The zero-order chi connectivity index (χ0) is 24.0. The second-order valence-electron chi connectivity index (χ2n) is 7.50. The fourth-order valence-corrected chi connectivity index (χ4v) is 3.40. The lowest BCUT2D eigenvalue weighted by Gasteiger charge is -2.20. The van der Waals surface area contributed by atoms with E-state index in [1.807, 2.05) is 18.0 Å². The molecule has 3 aromatic rings. The van der Waals surface area contributed by atoms with Crippen LogP contribution in [-0.2, 0) is 16.1 Å². The molecule has 0 bridgehead atoms. The fraction of sp³-hybridized carbons (Fsp3) is 0.250. The maximum atomic E-state index is 12.6. The molecule has 9 heteroatoms. The predicted molar refractivity (Wildman–Crippen MR) is 127 cm³/mol. The first-order valence-electron chi connectivity index (χ1n) is 10.2. The number of rotatable bonds is 8. The van der Waals surface area contributed by atoms with E-state index in [1.165, 1.54) is 7.11 Å². The number of ether oxygens (including phenoxy) is 1. The van der Waals surface area contributed by atoms with E-state index in [0.717, 1.165) is 11.3 Å². The van der Waals surface area contributed by atoms with Gasteiger partial charge in [0.25, 0.3) is 11.5 Å². The Hall–Kier alpha value is -4.32. The Morgan fingerprint density at radius 1 is 1.27 bits per heavy atom. The summed E-state index contributed by atoms with van der Waals surface area (Å²) in [7, 11) is 3.16. The average Bonchev–Trinajstić information content (AvgIpc) is 2.81. The van der Waals surface area contributed by atoms with E-state index in [9.17, 15) is 14.4 Å². The lowest BCUT2D eigenvalue weighted by molar-refractivity contribution is -0.143. The van der Waals surface area contributed by atoms with Crippen LogP contribution < -0.4 is 21.5 Å². The molecule has 0 saturated heterocycles. The number of amides is 1. The first-order valence-corrected chi connectivity index (χ1v) is 10.2. The van der Waals surface area contributed by atoms with Crippen molar-refractivity contribution in [3.8, 4) is 12.3 Å². The van der Waals surface area contributed by atoms with Gasteiger partial charge in [0.1, 0.15) is 6.04 Å². The topological polar surface area (TPSA) is 130 Å². The third-order valence-corrected chi connectivity index (χ3v) is 5.15. The van der Waals surface area contributed by atoms with Gasteiger partial charge in [0.15, 0.2) is 0 Å². The molecule has 170 valence electrons. The molecule has 1 amide bonds. The van der Waals surface area contributed by atoms with Crippen molar-refractivity contribution in [3.63, 3.8) is 0 Å². The van der Waals surface area contributed by atoms with Crippen LogP contribution in [0, 0.1) is 12.3 Å². The Morgan fingerprint density at radius 3 is 2.67 bits per heavy atom. The number of nitrogens with two attached hydrogens (primary N) is 1. The Bertz CT molecular complexity index is 1260. The van der Waals surface area contributed by atoms with Crippen LogP contribution in [0.15, 0.2) is 47.3 Å². The summed E-state index contributed by atoms with van der Waals surface area (Å²) >= 11 is 0. The van der Waals surface area contributed by atoms with E-state index >= 15 is 0 Å². The van der Waals surface area contributed by atoms with E-state index in [1.54, 1.807) is 36.4 Å². The molecule has 0 aliphatic heterocycles. The van der Waals surface area contributed by atoms with Gasteiger partial charge in [-0.3, -0.25) is 14.6 Å². The number of nitrogens with one attached hydrogen (secondary N) is 2. The molecular weight excluding hydrogens is 422 g/mol. The molecule has 1 heterocycles. The third-order valence-electron chi connectivity index (χ3n) is 5.15. The summed E-state index contributed by atoms with van der Waals surface area (Å²) < 4.78 is 4.73. The summed E-state index contributed by atoms with van der Waals surface area (Å²) in [6.45, 7) is 0.530. The lowest BCUT2D eigenvalue weighted by atomic mass is 10.1. The van der Waals surface area contributed by atoms with Crippen LogP contribution in [0.3, 0.4) is 0 Å². The number of carbonyl (C=O) groups excluding carboxylic acids is 2. The predicted octanol–water partition coefficient (Wildman–Crippen LogP) is 1.83. The number of benzene rings is 2. The van der Waals surface area contributed by atoms with Crippen LogP contribution in [0.1, 0.15) is 28.8 Å². The van der Waals surface area contributed by atoms with Gasteiger partial charge in [0, 0.05) is 31.3 Å². The minimum Gasteiger partial charge on any atom is -0.467 e. The van der Waals surface area contributed by atoms with Gasteiger partial charge in [-0.15, -0.1) is 12.3 Å². The summed E-state index contributed by atoms with van der Waals surface area (Å²) in [4.78, 5) is 45.2. The molecule has 0 unspecified atom stereocenters. The molecule has 0 radical (unpaired) electrons. The van der Waals surface area contributed by atoms with E-state index in [-0.39, 0.29) is 11.5 Å². The van der Waals surface area contributed by atoms with E-state index in [0.29, 0.717) is 35.9 Å². The smallest absolute Gasteiger partial charge is 0.328 e. The van der Waals surface area contributed by atoms with Crippen LogP contribution in [-0.4, -0.2) is 42.0 Å². The molecule has 1 atom stereocenters. The fourth-order valence-electron chi connectivity index (χ4n) is 3.40. The highest BCUT2D eigenvalue weighted by atomic mass is 16.5. The number of hydrogen-bond acceptors (Lipinski definition) is 7. The average molecular weight is 447 g/mol. The SMILES string of the molecule is C#CCC[C@H](NC(=O)c1ccc(N(C)Cc2ccc3nc(N)[nH]c(=O)c3c2)cc1)C(=O)OC. The number of esters is 1. The van der Waals surface area contributed by atoms with E-state index in [2.05, 4.69) is 21.2 Å². The molecule has 3 rings (SSSR count). The van der Waals surface area contributed by atoms with Gasteiger partial charge >= 0.3 is 5.97 Å². The molecular formula is C24H25N5O4. The van der Waals surface area contributed by atoms with Crippen LogP contribution in [0.2, 0.25) is 0 Å². The number of fused-ring (bicyclic) bond motifs is 1. The van der Waals surface area contributed by atoms with Gasteiger partial charge in [-0.05, 0) is 48.4 Å². The number of carbonyl (C=O) groups is 2. The molecule has 4 N–H and O–H groups in total. The Morgan fingerprint density at radius 2 is 2.00 bits per heavy atom. The van der Waals surface area contributed by atoms with Gasteiger partial charge < -0.3 is 20.7 Å². The van der Waals surface area contributed by atoms with Gasteiger partial charge in [-0.25, -0.2) is 9.78 Å². The Balaban J connectivity index is 1.69. The number of hydrogen-bond donors (Lipinski definition) is 3. The lowest BCUT2D eigenvalue weighted by Crippen LogP contribution is -2.41. The van der Waals surface area contributed by atoms with Crippen molar-refractivity contribution < 1.29 is 14.3 Å². The summed E-state index contributed by atoms with van der Waals surface area (Å²) in [5, 5.41) is 3.13. The molecule has 0 aliphatic rings. The zero-order valence-electron chi connectivity index (χ0n) is 18.4. The Kier molecular flexibility index (Phi) is 7.31. The summed E-state index contributed by atoms with van der Waals surface area (Å²) in [6.07, 6.45) is 5.90. The minimum atomic E-state index is -0.804. The summed E-state index contributed by atoms with van der Waals surface area (Å²) in [6, 6.07) is 11.6. The van der Waals surface area contributed by atoms with Crippen LogP contribution in [0.5, 0.6) is 0 Å². The maximum absolute atomic E-state index is 12.6. The standard InChI is InChI=1S/C24H25N5O4/c1-4-5-6-20(23(32)33-3)26-21(30)16-8-10-17(11-9-16)29(2)14-15-7-12-19-18(13-15)22(31)28-24(25)27-19/h1,7-13,20H,5-6,14H2,2-3H3,(H,26,30)(H3,25,27,28,31)/t20-/m0/s1. The number of methoxy groups -OCH3 is 1. The normalized spacial score (nSPS) is 11.4. The van der Waals surface area contributed by atoms with Gasteiger partial charge in [-0.2, -0.15) is 0 Å². The molecule has 2 aromatic carbocycles. The van der Waals surface area contributed by atoms with Crippen molar-refractivity contribution in [1.82, 2.24) is 15.3 Å². The quantitative estimate of drug-likeness (QED) is 0.355. The second-order valence-corrected chi connectivity index (χ2v) is 7.50. The highest BCUT2D eigenvalue weighted by Gasteiger charge is 2.21. The molecule has 0 saturated carbocycles. The van der Waals surface area contributed by atoms with Gasteiger partial charge in [-0.1, -0.05) is 6.07 Å². The first kappa shape index (κ1) is 23.3. The van der Waals surface area contributed by atoms with Crippen molar-refractivity contribution >= 4 is 34.4 Å². The second kappa shape index (κ2) is 10.3. The van der Waals surface area contributed by atoms with Crippen molar-refractivity contribution in [1.29, 1.82) is 0 Å². The van der Waals surface area contributed by atoms with Crippen molar-refractivity contribution in [2.24, 2.45) is 0 Å². The minimum absolute atomic E-state index is 0.0791. The highest BCUT2D eigenvalue weighted by Crippen LogP contribution is 2.19. The summed E-state index contributed by atoms with van der Waals surface area (Å²) in [5.74, 6) is 1.60. The number of anilines is 2. The zero-order valence-corrected chi connectivity index (χ0v) is 18.4. The summed E-state index contributed by atoms with van der Waals surface area (Å²) in [5.41, 5.74) is 8.02. The first-order chi connectivity index (χ1) is 15.8. The van der Waals surface area contributed by atoms with E-state index in [4.69, 9.17) is 16.9 Å².